The zero-order valence-corrected chi connectivity index (χ0v) is 14.1. The van der Waals surface area contributed by atoms with E-state index in [0.717, 1.165) is 25.1 Å². The third-order valence-electron chi connectivity index (χ3n) is 4.13. The minimum absolute atomic E-state index is 0.0508. The van der Waals surface area contributed by atoms with Crippen molar-refractivity contribution < 1.29 is 18.7 Å². The lowest BCUT2D eigenvalue weighted by Gasteiger charge is -2.24. The lowest BCUT2D eigenvalue weighted by molar-refractivity contribution is -0.122. The molecule has 0 aliphatic carbocycles. The van der Waals surface area contributed by atoms with E-state index in [0.29, 0.717) is 24.5 Å². The Bertz CT molecular complexity index is 712. The Labute approximate surface area is 146 Å². The van der Waals surface area contributed by atoms with Gasteiger partial charge in [-0.15, -0.1) is 0 Å². The molecule has 3 rings (SSSR count). The Morgan fingerprint density at radius 1 is 1.40 bits per heavy atom. The van der Waals surface area contributed by atoms with Gasteiger partial charge in [0.2, 0.25) is 5.91 Å². The van der Waals surface area contributed by atoms with Gasteiger partial charge in [0.05, 0.1) is 25.0 Å². The molecule has 1 atom stereocenters. The van der Waals surface area contributed by atoms with Gasteiger partial charge in [0.15, 0.2) is 0 Å². The Hall–Kier alpha value is -2.83. The molecule has 1 aliphatic rings. The van der Waals surface area contributed by atoms with Gasteiger partial charge in [-0.3, -0.25) is 4.79 Å². The van der Waals surface area contributed by atoms with Crippen molar-refractivity contribution in [2.24, 2.45) is 0 Å². The number of pyridine rings is 1. The van der Waals surface area contributed by atoms with Crippen molar-refractivity contribution in [2.45, 2.75) is 32.4 Å². The molecule has 1 fully saturated rings. The molecule has 2 aromatic heterocycles. The zero-order chi connectivity index (χ0) is 17.6. The molecule has 132 valence electrons. The van der Waals surface area contributed by atoms with Crippen LogP contribution in [0, 0.1) is 0 Å². The smallest absolute Gasteiger partial charge is 0.339 e. The first kappa shape index (κ1) is 17.0. The van der Waals surface area contributed by atoms with Gasteiger partial charge >= 0.3 is 5.97 Å². The van der Waals surface area contributed by atoms with E-state index in [1.54, 1.807) is 31.4 Å². The van der Waals surface area contributed by atoms with E-state index in [1.165, 1.54) is 6.20 Å². The Morgan fingerprint density at radius 2 is 2.28 bits per heavy atom. The van der Waals surface area contributed by atoms with E-state index < -0.39 is 5.97 Å². The number of rotatable bonds is 6. The number of nitrogens with one attached hydrogen (secondary N) is 1. The summed E-state index contributed by atoms with van der Waals surface area (Å²) < 4.78 is 10.2. The summed E-state index contributed by atoms with van der Waals surface area (Å²) in [6.07, 6.45) is 4.76. The van der Waals surface area contributed by atoms with Crippen molar-refractivity contribution in [1.82, 2.24) is 10.3 Å². The van der Waals surface area contributed by atoms with Crippen molar-refractivity contribution in [1.29, 1.82) is 0 Å². The molecule has 1 N–H and O–H groups in total. The second-order valence-electron chi connectivity index (χ2n) is 5.77. The van der Waals surface area contributed by atoms with E-state index in [4.69, 9.17) is 9.15 Å². The van der Waals surface area contributed by atoms with Crippen LogP contribution in [0.15, 0.2) is 41.1 Å². The van der Waals surface area contributed by atoms with E-state index in [1.807, 2.05) is 11.0 Å². The summed E-state index contributed by atoms with van der Waals surface area (Å²) >= 11 is 0. The molecule has 1 saturated heterocycles. The topological polar surface area (TPSA) is 84.7 Å². The second-order valence-corrected chi connectivity index (χ2v) is 5.77. The molecular formula is C18H21N3O4. The van der Waals surface area contributed by atoms with Gasteiger partial charge in [0.25, 0.3) is 0 Å². The predicted octanol–water partition coefficient (Wildman–Crippen LogP) is 2.14. The van der Waals surface area contributed by atoms with Crippen LogP contribution in [0.1, 0.15) is 35.9 Å². The highest BCUT2D eigenvalue weighted by atomic mass is 16.5. The summed E-state index contributed by atoms with van der Waals surface area (Å²) in [4.78, 5) is 30.5. The van der Waals surface area contributed by atoms with Crippen molar-refractivity contribution in [3.05, 3.63) is 48.0 Å². The fourth-order valence-electron chi connectivity index (χ4n) is 2.91. The number of ether oxygens (including phenoxy) is 1. The van der Waals surface area contributed by atoms with Crippen LogP contribution in [0.25, 0.3) is 0 Å². The maximum absolute atomic E-state index is 12.5. The third-order valence-corrected chi connectivity index (χ3v) is 4.13. The molecule has 0 radical (unpaired) electrons. The van der Waals surface area contributed by atoms with Crippen molar-refractivity contribution >= 4 is 17.7 Å². The number of carbonyl (C=O) groups excluding carboxylic acids is 2. The van der Waals surface area contributed by atoms with Crippen molar-refractivity contribution in [3.8, 4) is 0 Å². The SMILES string of the molecule is CCOC(=O)c1ccc(N2CCCC2C(=O)NCc2ccco2)nc1. The van der Waals surface area contributed by atoms with E-state index >= 15 is 0 Å². The highest BCUT2D eigenvalue weighted by molar-refractivity contribution is 5.89. The van der Waals surface area contributed by atoms with Gasteiger partial charge < -0.3 is 19.4 Å². The first-order valence-electron chi connectivity index (χ1n) is 8.39. The van der Waals surface area contributed by atoms with Crippen LogP contribution in [-0.2, 0) is 16.1 Å². The zero-order valence-electron chi connectivity index (χ0n) is 14.1. The van der Waals surface area contributed by atoms with E-state index in [9.17, 15) is 9.59 Å². The van der Waals surface area contributed by atoms with Crippen LogP contribution in [0.3, 0.4) is 0 Å². The van der Waals surface area contributed by atoms with Gasteiger partial charge in [0.1, 0.15) is 17.6 Å². The molecule has 1 unspecified atom stereocenters. The molecule has 3 heterocycles. The molecule has 0 saturated carbocycles. The lowest BCUT2D eigenvalue weighted by atomic mass is 10.2. The number of hydrogen-bond acceptors (Lipinski definition) is 6. The number of amides is 1. The predicted molar refractivity (Wildman–Crippen MR) is 91.1 cm³/mol. The van der Waals surface area contributed by atoms with Gasteiger partial charge in [0, 0.05) is 12.7 Å². The van der Waals surface area contributed by atoms with Crippen LogP contribution in [0.2, 0.25) is 0 Å². The molecule has 0 bridgehead atoms. The minimum Gasteiger partial charge on any atom is -0.467 e. The molecular weight excluding hydrogens is 322 g/mol. The van der Waals surface area contributed by atoms with Gasteiger partial charge in [-0.05, 0) is 44.0 Å². The maximum Gasteiger partial charge on any atom is 0.339 e. The van der Waals surface area contributed by atoms with Crippen molar-refractivity contribution in [3.63, 3.8) is 0 Å². The van der Waals surface area contributed by atoms with Crippen LogP contribution in [0.5, 0.6) is 0 Å². The number of carbonyl (C=O) groups is 2. The van der Waals surface area contributed by atoms with E-state index in [2.05, 4.69) is 10.3 Å². The maximum atomic E-state index is 12.5. The molecule has 0 spiro atoms. The molecule has 2 aromatic rings. The fourth-order valence-corrected chi connectivity index (χ4v) is 2.91. The largest absolute Gasteiger partial charge is 0.467 e. The highest BCUT2D eigenvalue weighted by Crippen LogP contribution is 2.24. The molecule has 0 aromatic carbocycles. The molecule has 1 aliphatic heterocycles. The monoisotopic (exact) mass is 343 g/mol. The van der Waals surface area contributed by atoms with Crippen LogP contribution >= 0.6 is 0 Å². The first-order valence-corrected chi connectivity index (χ1v) is 8.39. The number of aromatic nitrogens is 1. The van der Waals surface area contributed by atoms with Crippen molar-refractivity contribution in [2.75, 3.05) is 18.1 Å². The average Bonchev–Trinajstić information content (AvgIpc) is 3.31. The van der Waals surface area contributed by atoms with E-state index in [-0.39, 0.29) is 11.9 Å². The normalized spacial score (nSPS) is 16.7. The summed E-state index contributed by atoms with van der Waals surface area (Å²) in [7, 11) is 0. The fraction of sp³-hybridized carbons (Fsp3) is 0.389. The highest BCUT2D eigenvalue weighted by Gasteiger charge is 2.31. The average molecular weight is 343 g/mol. The minimum atomic E-state index is -0.393. The van der Waals surface area contributed by atoms with Crippen LogP contribution in [0.4, 0.5) is 5.82 Å². The lowest BCUT2D eigenvalue weighted by Crippen LogP contribution is -2.43. The van der Waals surface area contributed by atoms with Gasteiger partial charge in [-0.1, -0.05) is 0 Å². The summed E-state index contributed by atoms with van der Waals surface area (Å²) in [6.45, 7) is 3.20. The van der Waals surface area contributed by atoms with Gasteiger partial charge in [-0.2, -0.15) is 0 Å². The van der Waals surface area contributed by atoms with Crippen LogP contribution < -0.4 is 10.2 Å². The molecule has 1 amide bonds. The van der Waals surface area contributed by atoms with Gasteiger partial charge in [-0.25, -0.2) is 9.78 Å². The quantitative estimate of drug-likeness (QED) is 0.809. The number of hydrogen-bond donors (Lipinski definition) is 1. The molecule has 25 heavy (non-hydrogen) atoms. The number of anilines is 1. The number of furan rings is 1. The molecule has 7 heteroatoms. The second kappa shape index (κ2) is 7.83. The summed E-state index contributed by atoms with van der Waals surface area (Å²) in [5, 5.41) is 2.90. The number of nitrogens with zero attached hydrogens (tertiary/aromatic N) is 2. The summed E-state index contributed by atoms with van der Waals surface area (Å²) in [5.74, 6) is 0.958. The summed E-state index contributed by atoms with van der Waals surface area (Å²) in [5.41, 5.74) is 0.406. The third kappa shape index (κ3) is 3.99. The first-order chi connectivity index (χ1) is 12.2. The summed E-state index contributed by atoms with van der Waals surface area (Å²) in [6, 6.07) is 6.78. The Balaban J connectivity index is 1.64. The Kier molecular flexibility index (Phi) is 5.33. The van der Waals surface area contributed by atoms with Crippen LogP contribution in [-0.4, -0.2) is 36.1 Å². The standard InChI is InChI=1S/C18H21N3O4/c1-2-24-18(23)13-7-8-16(19-11-13)21-9-3-6-15(21)17(22)20-12-14-5-4-10-25-14/h4-5,7-8,10-11,15H,2-3,6,9,12H2,1H3,(H,20,22). The Morgan fingerprint density at radius 3 is 2.96 bits per heavy atom. The number of esters is 1. The molecule has 7 nitrogen and oxygen atoms in total.